The Labute approximate surface area is 134 Å². The van der Waals surface area contributed by atoms with Gasteiger partial charge in [-0.15, -0.1) is 5.10 Å². The average molecular weight is 315 g/mol. The topological polar surface area (TPSA) is 92.9 Å². The Morgan fingerprint density at radius 1 is 1.26 bits per heavy atom. The highest BCUT2D eigenvalue weighted by molar-refractivity contribution is 5.84. The lowest BCUT2D eigenvalue weighted by Crippen LogP contribution is -2.51. The molecule has 0 bridgehead atoms. The molecule has 3 rings (SSSR count). The van der Waals surface area contributed by atoms with Gasteiger partial charge in [0.05, 0.1) is 12.6 Å². The number of hydrogen-bond acceptors (Lipinski definition) is 5. The van der Waals surface area contributed by atoms with E-state index in [2.05, 4.69) is 20.8 Å². The average Bonchev–Trinajstić information content (AvgIpc) is 3.16. The zero-order valence-electron chi connectivity index (χ0n) is 12.9. The molecule has 0 aliphatic heterocycles. The maximum Gasteiger partial charge on any atom is 0.248 e. The molecule has 1 aliphatic carbocycles. The predicted molar refractivity (Wildman–Crippen MR) is 83.3 cm³/mol. The summed E-state index contributed by atoms with van der Waals surface area (Å²) in [5.74, 6) is -0.132. The number of nitrogens with zero attached hydrogens (tertiary/aromatic N) is 4. The number of carbonyl (C=O) groups is 1. The normalized spacial score (nSPS) is 18.3. The molecule has 1 heterocycles. The Morgan fingerprint density at radius 3 is 2.61 bits per heavy atom. The highest BCUT2D eigenvalue weighted by atomic mass is 16.3. The lowest BCUT2D eigenvalue weighted by molar-refractivity contribution is -0.133. The molecule has 1 fully saturated rings. The fraction of sp³-hybridized carbons (Fsp3) is 0.500. The first kappa shape index (κ1) is 15.6. The predicted octanol–water partition coefficient (Wildman–Crippen LogP) is 1.18. The van der Waals surface area contributed by atoms with E-state index in [4.69, 9.17) is 0 Å². The second kappa shape index (κ2) is 6.87. The number of hydrogen-bond donors (Lipinski definition) is 2. The number of aromatic nitrogens is 4. The third-order valence-corrected chi connectivity index (χ3v) is 4.58. The molecule has 1 amide bonds. The van der Waals surface area contributed by atoms with Gasteiger partial charge in [-0.2, -0.15) is 0 Å². The van der Waals surface area contributed by atoms with E-state index in [0.717, 1.165) is 24.8 Å². The Balaban J connectivity index is 1.84. The molecular formula is C16H21N5O2. The van der Waals surface area contributed by atoms with Crippen LogP contribution in [0.3, 0.4) is 0 Å². The number of nitrogens with one attached hydrogen (secondary N) is 1. The molecule has 1 aliphatic rings. The van der Waals surface area contributed by atoms with Crippen LogP contribution in [0.1, 0.15) is 43.7 Å². The van der Waals surface area contributed by atoms with Crippen LogP contribution in [0.4, 0.5) is 0 Å². The van der Waals surface area contributed by atoms with Crippen molar-refractivity contribution in [3.05, 3.63) is 42.2 Å². The molecule has 23 heavy (non-hydrogen) atoms. The number of tetrazole rings is 1. The molecule has 0 unspecified atom stereocenters. The quantitative estimate of drug-likeness (QED) is 0.864. The second-order valence-electron chi connectivity index (χ2n) is 5.97. The standard InChI is InChI=1S/C16H21N5O2/c22-11-14(13-7-3-1-4-8-13)18-15(23)16(9-5-2-6-10-16)21-12-17-19-20-21/h1,3-4,7-8,12,14,22H,2,5-6,9-11H2,(H,18,23)/t14-/m1/s1. The van der Waals surface area contributed by atoms with Gasteiger partial charge in [0.25, 0.3) is 0 Å². The number of aliphatic hydroxyl groups is 1. The summed E-state index contributed by atoms with van der Waals surface area (Å²) in [6, 6.07) is 9.05. The monoisotopic (exact) mass is 315 g/mol. The van der Waals surface area contributed by atoms with Crippen molar-refractivity contribution in [1.82, 2.24) is 25.5 Å². The molecule has 7 nitrogen and oxygen atoms in total. The van der Waals surface area contributed by atoms with Crippen molar-refractivity contribution < 1.29 is 9.90 Å². The third-order valence-electron chi connectivity index (χ3n) is 4.58. The maximum absolute atomic E-state index is 13.0. The minimum Gasteiger partial charge on any atom is -0.394 e. The van der Waals surface area contributed by atoms with Crippen LogP contribution in [0.2, 0.25) is 0 Å². The van der Waals surface area contributed by atoms with Crippen molar-refractivity contribution >= 4 is 5.91 Å². The first-order valence-electron chi connectivity index (χ1n) is 7.96. The summed E-state index contributed by atoms with van der Waals surface area (Å²) < 4.78 is 1.57. The molecule has 2 N–H and O–H groups in total. The molecule has 7 heteroatoms. The number of amides is 1. The van der Waals surface area contributed by atoms with Gasteiger partial charge in [0.2, 0.25) is 5.91 Å². The number of carbonyl (C=O) groups excluding carboxylic acids is 1. The molecule has 0 radical (unpaired) electrons. The zero-order chi connectivity index (χ0) is 16.1. The van der Waals surface area contributed by atoms with Gasteiger partial charge >= 0.3 is 0 Å². The van der Waals surface area contributed by atoms with Crippen LogP contribution in [0, 0.1) is 0 Å². The van der Waals surface area contributed by atoms with E-state index < -0.39 is 11.6 Å². The first-order chi connectivity index (χ1) is 11.3. The summed E-state index contributed by atoms with van der Waals surface area (Å²) in [6.45, 7) is -0.151. The molecule has 1 saturated carbocycles. The fourth-order valence-electron chi connectivity index (χ4n) is 3.27. The minimum absolute atomic E-state index is 0.132. The largest absolute Gasteiger partial charge is 0.394 e. The smallest absolute Gasteiger partial charge is 0.248 e. The maximum atomic E-state index is 13.0. The number of rotatable bonds is 5. The Morgan fingerprint density at radius 2 is 2.00 bits per heavy atom. The van der Waals surface area contributed by atoms with Gasteiger partial charge in [-0.3, -0.25) is 4.79 Å². The van der Waals surface area contributed by atoms with Gasteiger partial charge < -0.3 is 10.4 Å². The second-order valence-corrected chi connectivity index (χ2v) is 5.97. The number of aliphatic hydroxyl groups excluding tert-OH is 1. The zero-order valence-corrected chi connectivity index (χ0v) is 12.9. The highest BCUT2D eigenvalue weighted by Gasteiger charge is 2.43. The molecule has 0 saturated heterocycles. The molecule has 122 valence electrons. The van der Waals surface area contributed by atoms with Gasteiger partial charge in [0.15, 0.2) is 0 Å². The van der Waals surface area contributed by atoms with Gasteiger partial charge in [-0.25, -0.2) is 4.68 Å². The van der Waals surface area contributed by atoms with E-state index in [0.29, 0.717) is 12.8 Å². The Bertz CT molecular complexity index is 623. The van der Waals surface area contributed by atoms with E-state index >= 15 is 0 Å². The summed E-state index contributed by atoms with van der Waals surface area (Å²) in [5.41, 5.74) is 0.121. The van der Waals surface area contributed by atoms with Crippen molar-refractivity contribution in [2.45, 2.75) is 43.7 Å². The van der Waals surface area contributed by atoms with E-state index in [1.165, 1.54) is 6.33 Å². The summed E-state index contributed by atoms with van der Waals surface area (Å²) in [7, 11) is 0. The summed E-state index contributed by atoms with van der Waals surface area (Å²) >= 11 is 0. The number of benzene rings is 1. The van der Waals surface area contributed by atoms with E-state index in [1.807, 2.05) is 30.3 Å². The van der Waals surface area contributed by atoms with Gasteiger partial charge in [0.1, 0.15) is 11.9 Å². The fourth-order valence-corrected chi connectivity index (χ4v) is 3.27. The Kier molecular flexibility index (Phi) is 4.66. The minimum atomic E-state index is -0.760. The molecule has 0 spiro atoms. The molecule has 1 aromatic carbocycles. The van der Waals surface area contributed by atoms with Crippen LogP contribution in [-0.4, -0.2) is 37.8 Å². The summed E-state index contributed by atoms with van der Waals surface area (Å²) in [5, 5.41) is 24.0. The van der Waals surface area contributed by atoms with E-state index in [9.17, 15) is 9.90 Å². The van der Waals surface area contributed by atoms with E-state index in [-0.39, 0.29) is 12.5 Å². The van der Waals surface area contributed by atoms with Gasteiger partial charge in [-0.1, -0.05) is 49.6 Å². The van der Waals surface area contributed by atoms with E-state index in [1.54, 1.807) is 4.68 Å². The molecule has 2 aromatic rings. The van der Waals surface area contributed by atoms with Gasteiger partial charge in [0, 0.05) is 0 Å². The van der Waals surface area contributed by atoms with Crippen molar-refractivity contribution in [1.29, 1.82) is 0 Å². The van der Waals surface area contributed by atoms with Crippen molar-refractivity contribution in [2.24, 2.45) is 0 Å². The van der Waals surface area contributed by atoms with Crippen LogP contribution in [-0.2, 0) is 10.3 Å². The van der Waals surface area contributed by atoms with Crippen LogP contribution < -0.4 is 5.32 Å². The summed E-state index contributed by atoms with van der Waals surface area (Å²) in [6.07, 6.45) is 5.94. The van der Waals surface area contributed by atoms with Crippen LogP contribution in [0.25, 0.3) is 0 Å². The third kappa shape index (κ3) is 3.10. The highest BCUT2D eigenvalue weighted by Crippen LogP contribution is 2.35. The van der Waals surface area contributed by atoms with Gasteiger partial charge in [-0.05, 0) is 28.8 Å². The van der Waals surface area contributed by atoms with Crippen molar-refractivity contribution in [2.75, 3.05) is 6.61 Å². The Hall–Kier alpha value is -2.28. The lowest BCUT2D eigenvalue weighted by atomic mass is 9.80. The SMILES string of the molecule is O=C(N[C@H](CO)c1ccccc1)C1(n2cnnn2)CCCCC1. The van der Waals surface area contributed by atoms with Crippen LogP contribution in [0.5, 0.6) is 0 Å². The molecule has 1 atom stereocenters. The van der Waals surface area contributed by atoms with Crippen molar-refractivity contribution in [3.8, 4) is 0 Å². The van der Waals surface area contributed by atoms with Crippen molar-refractivity contribution in [3.63, 3.8) is 0 Å². The molecular weight excluding hydrogens is 294 g/mol. The lowest BCUT2D eigenvalue weighted by Gasteiger charge is -2.36. The van der Waals surface area contributed by atoms with Crippen LogP contribution >= 0.6 is 0 Å². The molecule has 1 aromatic heterocycles. The van der Waals surface area contributed by atoms with Crippen LogP contribution in [0.15, 0.2) is 36.7 Å². The first-order valence-corrected chi connectivity index (χ1v) is 7.96. The summed E-state index contributed by atoms with van der Waals surface area (Å²) in [4.78, 5) is 13.0.